The number of hydrogen-bond acceptors (Lipinski definition) is 4. The number of rotatable bonds is 9. The fourth-order valence-electron chi connectivity index (χ4n) is 3.78. The molecule has 0 spiro atoms. The first-order valence-electron chi connectivity index (χ1n) is 10.8. The maximum atomic E-state index is 12.1. The van der Waals surface area contributed by atoms with Gasteiger partial charge in [0.25, 0.3) is 5.91 Å². The van der Waals surface area contributed by atoms with Crippen molar-refractivity contribution in [3.05, 3.63) is 65.7 Å². The molecule has 0 heterocycles. The predicted molar refractivity (Wildman–Crippen MR) is 124 cm³/mol. The molecule has 1 aliphatic rings. The normalized spacial score (nSPS) is 14.4. The molecule has 2 aromatic carbocycles. The molecule has 6 heteroatoms. The summed E-state index contributed by atoms with van der Waals surface area (Å²) in [4.78, 5) is 25.2. The molecular weight excluding hydrogens is 390 g/mol. The maximum absolute atomic E-state index is 12.1. The topological polar surface area (TPSA) is 84.7 Å². The van der Waals surface area contributed by atoms with Crippen LogP contribution < -0.4 is 20.7 Å². The van der Waals surface area contributed by atoms with Crippen LogP contribution in [-0.2, 0) is 16.1 Å². The van der Waals surface area contributed by atoms with E-state index >= 15 is 0 Å². The minimum Gasteiger partial charge on any atom is -0.484 e. The Kier molecular flexibility index (Phi) is 8.10. The lowest BCUT2D eigenvalue weighted by Gasteiger charge is -2.33. The zero-order valence-corrected chi connectivity index (χ0v) is 18.0. The average Bonchev–Trinajstić information content (AvgIpc) is 2.81. The van der Waals surface area contributed by atoms with Crippen LogP contribution in [-0.4, -0.2) is 31.5 Å². The Morgan fingerprint density at radius 3 is 2.39 bits per heavy atom. The summed E-state index contributed by atoms with van der Waals surface area (Å²) in [6.45, 7) is 0.325. The van der Waals surface area contributed by atoms with Gasteiger partial charge in [0.2, 0.25) is 5.91 Å². The highest BCUT2D eigenvalue weighted by molar-refractivity contribution is 5.91. The highest BCUT2D eigenvalue weighted by Crippen LogP contribution is 2.26. The molecule has 164 valence electrons. The Morgan fingerprint density at radius 1 is 1.06 bits per heavy atom. The summed E-state index contributed by atoms with van der Waals surface area (Å²) in [5.74, 6) is -0.123. The van der Waals surface area contributed by atoms with Gasteiger partial charge in [0, 0.05) is 31.4 Å². The number of hydrogen-bond donors (Lipinski definition) is 2. The molecule has 0 aliphatic heterocycles. The van der Waals surface area contributed by atoms with E-state index in [1.807, 2.05) is 12.1 Å². The number of carbonyl (C=O) groups excluding carboxylic acids is 2. The molecule has 1 fully saturated rings. The second kappa shape index (κ2) is 11.2. The summed E-state index contributed by atoms with van der Waals surface area (Å²) >= 11 is 0. The molecule has 0 radical (unpaired) electrons. The van der Waals surface area contributed by atoms with Crippen molar-refractivity contribution >= 4 is 23.6 Å². The molecule has 0 atom stereocenters. The summed E-state index contributed by atoms with van der Waals surface area (Å²) in [5.41, 5.74) is 8.20. The molecule has 3 rings (SSSR count). The molecule has 31 heavy (non-hydrogen) atoms. The molecule has 0 saturated heterocycles. The Balaban J connectivity index is 1.45. The maximum Gasteiger partial charge on any atom is 0.255 e. The number of nitrogens with one attached hydrogen (secondary N) is 1. The van der Waals surface area contributed by atoms with Crippen LogP contribution in [0.25, 0.3) is 6.08 Å². The van der Waals surface area contributed by atoms with Crippen LogP contribution in [0.2, 0.25) is 0 Å². The van der Waals surface area contributed by atoms with Crippen LogP contribution in [0.1, 0.15) is 43.2 Å². The Bertz CT molecular complexity index is 885. The van der Waals surface area contributed by atoms with Gasteiger partial charge in [-0.3, -0.25) is 9.59 Å². The molecule has 1 aliphatic carbocycles. The molecule has 0 bridgehead atoms. The van der Waals surface area contributed by atoms with Crippen molar-refractivity contribution in [1.82, 2.24) is 5.32 Å². The van der Waals surface area contributed by atoms with E-state index in [1.54, 1.807) is 18.2 Å². The van der Waals surface area contributed by atoms with E-state index in [2.05, 4.69) is 41.5 Å². The lowest BCUT2D eigenvalue weighted by atomic mass is 9.94. The smallest absolute Gasteiger partial charge is 0.255 e. The quantitative estimate of drug-likeness (QED) is 0.606. The number of amides is 2. The van der Waals surface area contributed by atoms with Gasteiger partial charge >= 0.3 is 0 Å². The standard InChI is InChI=1S/C25H31N3O3/c1-28(21-5-3-2-4-6-21)22-12-7-20(8-13-22)17-27-25(30)16-11-19-9-14-23(15-10-19)31-18-24(26)29/h7-16,21H,2-6,17-18H2,1H3,(H2,26,29)(H,27,30). The summed E-state index contributed by atoms with van der Waals surface area (Å²) in [5, 5.41) is 2.91. The average molecular weight is 422 g/mol. The summed E-state index contributed by atoms with van der Waals surface area (Å²) in [6, 6.07) is 16.1. The van der Waals surface area contributed by atoms with Gasteiger partial charge in [-0.2, -0.15) is 0 Å². The first kappa shape index (κ1) is 22.4. The lowest BCUT2D eigenvalue weighted by Crippen LogP contribution is -2.33. The van der Waals surface area contributed by atoms with Gasteiger partial charge in [-0.1, -0.05) is 43.5 Å². The Labute approximate surface area is 184 Å². The van der Waals surface area contributed by atoms with Crippen LogP contribution in [0.5, 0.6) is 5.75 Å². The number of primary amides is 1. The van der Waals surface area contributed by atoms with Gasteiger partial charge in [0.05, 0.1) is 0 Å². The first-order valence-corrected chi connectivity index (χ1v) is 10.8. The summed E-state index contributed by atoms with van der Waals surface area (Å²) < 4.78 is 5.21. The van der Waals surface area contributed by atoms with Crippen molar-refractivity contribution in [2.24, 2.45) is 5.73 Å². The van der Waals surface area contributed by atoms with Crippen molar-refractivity contribution < 1.29 is 14.3 Å². The highest BCUT2D eigenvalue weighted by Gasteiger charge is 2.18. The zero-order chi connectivity index (χ0) is 22.1. The predicted octanol–water partition coefficient (Wildman–Crippen LogP) is 3.65. The van der Waals surface area contributed by atoms with Gasteiger partial charge in [0.1, 0.15) is 5.75 Å². The first-order chi connectivity index (χ1) is 15.0. The van der Waals surface area contributed by atoms with Gasteiger partial charge in [-0.25, -0.2) is 0 Å². The molecule has 2 amide bonds. The van der Waals surface area contributed by atoms with E-state index in [-0.39, 0.29) is 12.5 Å². The van der Waals surface area contributed by atoms with E-state index in [9.17, 15) is 9.59 Å². The Hall–Kier alpha value is -3.28. The number of nitrogens with zero attached hydrogens (tertiary/aromatic N) is 1. The van der Waals surface area contributed by atoms with E-state index in [0.29, 0.717) is 18.3 Å². The van der Waals surface area contributed by atoms with Gasteiger partial charge in [-0.15, -0.1) is 0 Å². The Morgan fingerprint density at radius 2 is 1.74 bits per heavy atom. The van der Waals surface area contributed by atoms with E-state index in [0.717, 1.165) is 11.1 Å². The van der Waals surface area contributed by atoms with Crippen LogP contribution in [0.4, 0.5) is 5.69 Å². The third-order valence-corrected chi connectivity index (χ3v) is 5.62. The number of anilines is 1. The zero-order valence-electron chi connectivity index (χ0n) is 18.0. The fraction of sp³-hybridized carbons (Fsp3) is 0.360. The monoisotopic (exact) mass is 421 g/mol. The summed E-state index contributed by atoms with van der Waals surface area (Å²) in [7, 11) is 2.17. The second-order valence-corrected chi connectivity index (χ2v) is 7.94. The van der Waals surface area contributed by atoms with Gasteiger partial charge in [-0.05, 0) is 54.3 Å². The SMILES string of the molecule is CN(c1ccc(CNC(=O)C=Cc2ccc(OCC(N)=O)cc2)cc1)C1CCCCC1. The van der Waals surface area contributed by atoms with E-state index < -0.39 is 5.91 Å². The lowest BCUT2D eigenvalue weighted by molar-refractivity contribution is -0.120. The van der Waals surface area contributed by atoms with Crippen LogP contribution in [0.15, 0.2) is 54.6 Å². The third-order valence-electron chi connectivity index (χ3n) is 5.62. The molecular formula is C25H31N3O3. The number of ether oxygens (including phenoxy) is 1. The number of benzene rings is 2. The minimum absolute atomic E-state index is 0.155. The van der Waals surface area contributed by atoms with Crippen molar-refractivity contribution in [1.29, 1.82) is 0 Å². The van der Waals surface area contributed by atoms with Crippen LogP contribution in [0, 0.1) is 0 Å². The number of nitrogens with two attached hydrogens (primary N) is 1. The largest absolute Gasteiger partial charge is 0.484 e. The van der Waals surface area contributed by atoms with Gasteiger partial charge < -0.3 is 20.7 Å². The van der Waals surface area contributed by atoms with E-state index in [1.165, 1.54) is 43.9 Å². The van der Waals surface area contributed by atoms with Crippen molar-refractivity contribution in [3.63, 3.8) is 0 Å². The molecule has 3 N–H and O–H groups in total. The highest BCUT2D eigenvalue weighted by atomic mass is 16.5. The molecule has 1 saturated carbocycles. The van der Waals surface area contributed by atoms with E-state index in [4.69, 9.17) is 10.5 Å². The van der Waals surface area contributed by atoms with Crippen LogP contribution in [0.3, 0.4) is 0 Å². The minimum atomic E-state index is -0.522. The van der Waals surface area contributed by atoms with Crippen molar-refractivity contribution in [2.75, 3.05) is 18.6 Å². The number of carbonyl (C=O) groups is 2. The molecule has 6 nitrogen and oxygen atoms in total. The summed E-state index contributed by atoms with van der Waals surface area (Å²) in [6.07, 6.45) is 9.77. The second-order valence-electron chi connectivity index (χ2n) is 7.94. The third kappa shape index (κ3) is 7.17. The fourth-order valence-corrected chi connectivity index (χ4v) is 3.78. The molecule has 2 aromatic rings. The molecule has 0 unspecified atom stereocenters. The van der Waals surface area contributed by atoms with Gasteiger partial charge in [0.15, 0.2) is 6.61 Å². The molecule has 0 aromatic heterocycles. The van der Waals surface area contributed by atoms with Crippen LogP contribution >= 0.6 is 0 Å². The van der Waals surface area contributed by atoms with Crippen molar-refractivity contribution in [3.8, 4) is 5.75 Å². The van der Waals surface area contributed by atoms with Crippen molar-refractivity contribution in [2.45, 2.75) is 44.7 Å².